The molecule has 0 aliphatic heterocycles. The molecule has 2 aromatic rings. The largest absolute Gasteiger partial charge is 0.288 e. The van der Waals surface area contributed by atoms with E-state index in [4.69, 9.17) is 11.6 Å². The average molecular weight is 354 g/mol. The van der Waals surface area contributed by atoms with E-state index in [0.717, 1.165) is 15.7 Å². The number of benzene rings is 2. The zero-order chi connectivity index (χ0) is 14.7. The molecule has 4 nitrogen and oxygen atoms in total. The van der Waals surface area contributed by atoms with Crippen molar-refractivity contribution in [1.82, 2.24) is 0 Å². The molecule has 20 heavy (non-hydrogen) atoms. The highest BCUT2D eigenvalue weighted by Gasteiger charge is 2.11. The van der Waals surface area contributed by atoms with Crippen LogP contribution in [-0.4, -0.2) is 11.1 Å². The minimum absolute atomic E-state index is 0.116. The molecule has 0 bridgehead atoms. The van der Waals surface area contributed by atoms with Gasteiger partial charge in [0.05, 0.1) is 10.6 Å². The van der Waals surface area contributed by atoms with E-state index < -0.39 is 4.92 Å². The number of hydrogen-bond donors (Lipinski definition) is 0. The quantitative estimate of drug-likeness (QED) is 0.439. The molecule has 0 unspecified atom stereocenters. The Kier molecular flexibility index (Phi) is 4.52. The van der Waals surface area contributed by atoms with Gasteiger partial charge in [-0.25, -0.2) is 0 Å². The Morgan fingerprint density at radius 3 is 2.70 bits per heavy atom. The highest BCUT2D eigenvalue weighted by Crippen LogP contribution is 2.25. The first kappa shape index (κ1) is 14.7. The molecule has 0 N–H and O–H groups in total. The number of aryl methyl sites for hydroxylation is 1. The monoisotopic (exact) mass is 352 g/mol. The highest BCUT2D eigenvalue weighted by atomic mass is 79.9. The third kappa shape index (κ3) is 3.43. The van der Waals surface area contributed by atoms with Crippen molar-refractivity contribution in [3.63, 3.8) is 0 Å². The van der Waals surface area contributed by atoms with Gasteiger partial charge in [-0.15, -0.1) is 0 Å². The molecule has 102 valence electrons. The lowest BCUT2D eigenvalue weighted by Gasteiger charge is -2.00. The summed E-state index contributed by atoms with van der Waals surface area (Å²) in [6.45, 7) is 1.99. The van der Waals surface area contributed by atoms with Crippen molar-refractivity contribution in [2.75, 3.05) is 0 Å². The molecule has 2 rings (SSSR count). The Labute approximate surface area is 129 Å². The molecule has 0 spiro atoms. The number of nitro benzene ring substituents is 1. The number of aliphatic imine (C=N–C) groups is 1. The molecule has 0 saturated carbocycles. The number of rotatable bonds is 3. The molecule has 0 aliphatic carbocycles. The highest BCUT2D eigenvalue weighted by molar-refractivity contribution is 9.10. The second-order valence-corrected chi connectivity index (χ2v) is 5.42. The van der Waals surface area contributed by atoms with Crippen molar-refractivity contribution in [2.45, 2.75) is 6.92 Å². The van der Waals surface area contributed by atoms with E-state index in [-0.39, 0.29) is 10.7 Å². The lowest BCUT2D eigenvalue weighted by Crippen LogP contribution is -1.91. The van der Waals surface area contributed by atoms with Crippen LogP contribution >= 0.6 is 27.5 Å². The van der Waals surface area contributed by atoms with Gasteiger partial charge in [0.2, 0.25) is 0 Å². The molecule has 0 aromatic heterocycles. The zero-order valence-electron chi connectivity index (χ0n) is 10.5. The Bertz CT molecular complexity index is 702. The number of nitrogens with zero attached hydrogens (tertiary/aromatic N) is 2. The van der Waals surface area contributed by atoms with Crippen LogP contribution in [0.2, 0.25) is 5.02 Å². The van der Waals surface area contributed by atoms with Gasteiger partial charge in [0.1, 0.15) is 5.02 Å². The van der Waals surface area contributed by atoms with Crippen LogP contribution in [0, 0.1) is 17.0 Å². The zero-order valence-corrected chi connectivity index (χ0v) is 12.9. The third-order valence-corrected chi connectivity index (χ3v) is 3.86. The van der Waals surface area contributed by atoms with Crippen LogP contribution in [0.1, 0.15) is 11.1 Å². The van der Waals surface area contributed by atoms with E-state index in [1.807, 2.05) is 25.1 Å². The van der Waals surface area contributed by atoms with E-state index in [9.17, 15) is 10.1 Å². The second kappa shape index (κ2) is 6.15. The first-order valence-electron chi connectivity index (χ1n) is 5.71. The van der Waals surface area contributed by atoms with Crippen molar-refractivity contribution in [2.24, 2.45) is 4.99 Å². The van der Waals surface area contributed by atoms with Gasteiger partial charge in [-0.05, 0) is 36.2 Å². The van der Waals surface area contributed by atoms with Crippen molar-refractivity contribution >= 4 is 45.1 Å². The van der Waals surface area contributed by atoms with E-state index >= 15 is 0 Å². The molecule has 2 aromatic carbocycles. The fraction of sp³-hybridized carbons (Fsp3) is 0.0714. The van der Waals surface area contributed by atoms with Gasteiger partial charge in [-0.2, -0.15) is 0 Å². The summed E-state index contributed by atoms with van der Waals surface area (Å²) in [6, 6.07) is 10.3. The Morgan fingerprint density at radius 1 is 1.30 bits per heavy atom. The van der Waals surface area contributed by atoms with E-state index in [2.05, 4.69) is 20.9 Å². The number of hydrogen-bond acceptors (Lipinski definition) is 3. The van der Waals surface area contributed by atoms with Crippen LogP contribution in [0.15, 0.2) is 45.9 Å². The van der Waals surface area contributed by atoms with Crippen LogP contribution in [0.4, 0.5) is 11.4 Å². The fourth-order valence-corrected chi connectivity index (χ4v) is 2.11. The predicted molar refractivity (Wildman–Crippen MR) is 84.2 cm³/mol. The standard InChI is InChI=1S/C14H10BrClN2O2/c1-9-2-4-11(7-12(9)15)17-8-10-3-5-13(16)14(6-10)18(19)20/h2-8H,1H3. The summed E-state index contributed by atoms with van der Waals surface area (Å²) in [7, 11) is 0. The van der Waals surface area contributed by atoms with Crippen molar-refractivity contribution in [1.29, 1.82) is 0 Å². The van der Waals surface area contributed by atoms with Crippen LogP contribution < -0.4 is 0 Å². The number of halogens is 2. The normalized spacial score (nSPS) is 10.9. The molecule has 0 aliphatic rings. The molecular weight excluding hydrogens is 344 g/mol. The first-order chi connectivity index (χ1) is 9.47. The van der Waals surface area contributed by atoms with Crippen molar-refractivity contribution < 1.29 is 4.92 Å². The summed E-state index contributed by atoms with van der Waals surface area (Å²) < 4.78 is 0.967. The maximum absolute atomic E-state index is 10.8. The summed E-state index contributed by atoms with van der Waals surface area (Å²) in [5.41, 5.74) is 2.38. The van der Waals surface area contributed by atoms with Crippen molar-refractivity contribution in [3.05, 3.63) is 67.1 Å². The van der Waals surface area contributed by atoms with E-state index in [1.165, 1.54) is 12.1 Å². The molecule has 0 radical (unpaired) electrons. The molecule has 6 heteroatoms. The molecule has 0 saturated heterocycles. The maximum Gasteiger partial charge on any atom is 0.288 e. The van der Waals surface area contributed by atoms with Gasteiger partial charge >= 0.3 is 0 Å². The lowest BCUT2D eigenvalue weighted by atomic mass is 10.2. The third-order valence-electron chi connectivity index (χ3n) is 2.68. The summed E-state index contributed by atoms with van der Waals surface area (Å²) in [6.07, 6.45) is 1.57. The van der Waals surface area contributed by atoms with E-state index in [0.29, 0.717) is 5.56 Å². The Morgan fingerprint density at radius 2 is 2.05 bits per heavy atom. The van der Waals surface area contributed by atoms with Gasteiger partial charge in [0.25, 0.3) is 5.69 Å². The van der Waals surface area contributed by atoms with Gasteiger partial charge in [0, 0.05) is 16.8 Å². The van der Waals surface area contributed by atoms with Crippen LogP contribution in [-0.2, 0) is 0 Å². The molecule has 0 atom stereocenters. The van der Waals surface area contributed by atoms with Gasteiger partial charge in [-0.3, -0.25) is 15.1 Å². The molecule has 0 amide bonds. The summed E-state index contributed by atoms with van der Waals surface area (Å²) in [5, 5.41) is 10.9. The van der Waals surface area contributed by atoms with Gasteiger partial charge < -0.3 is 0 Å². The summed E-state index contributed by atoms with van der Waals surface area (Å²) in [4.78, 5) is 14.6. The fourth-order valence-electron chi connectivity index (χ4n) is 1.56. The molecular formula is C14H10BrClN2O2. The minimum atomic E-state index is -0.512. The Hall–Kier alpha value is -1.72. The summed E-state index contributed by atoms with van der Waals surface area (Å²) >= 11 is 9.19. The van der Waals surface area contributed by atoms with Crippen molar-refractivity contribution in [3.8, 4) is 0 Å². The Balaban J connectivity index is 2.29. The predicted octanol–water partition coefficient (Wildman–Crippen LogP) is 5.07. The van der Waals surface area contributed by atoms with Crippen LogP contribution in [0.5, 0.6) is 0 Å². The second-order valence-electron chi connectivity index (χ2n) is 4.16. The van der Waals surface area contributed by atoms with Crippen LogP contribution in [0.3, 0.4) is 0 Å². The van der Waals surface area contributed by atoms with Gasteiger partial charge in [0.15, 0.2) is 0 Å². The lowest BCUT2D eigenvalue weighted by molar-refractivity contribution is -0.384. The SMILES string of the molecule is Cc1ccc(N=Cc2ccc(Cl)c([N+](=O)[O-])c2)cc1Br. The van der Waals surface area contributed by atoms with E-state index in [1.54, 1.807) is 12.3 Å². The molecule has 0 heterocycles. The summed E-state index contributed by atoms with van der Waals surface area (Å²) in [5.74, 6) is 0. The molecule has 0 fully saturated rings. The maximum atomic E-state index is 10.8. The average Bonchev–Trinajstić information content (AvgIpc) is 2.41. The smallest absolute Gasteiger partial charge is 0.258 e. The van der Waals surface area contributed by atoms with Crippen LogP contribution in [0.25, 0.3) is 0 Å². The topological polar surface area (TPSA) is 55.5 Å². The minimum Gasteiger partial charge on any atom is -0.258 e. The number of nitro groups is 1. The van der Waals surface area contributed by atoms with Gasteiger partial charge in [-0.1, -0.05) is 39.7 Å². The first-order valence-corrected chi connectivity index (χ1v) is 6.88.